The van der Waals surface area contributed by atoms with Crippen molar-refractivity contribution in [3.63, 3.8) is 0 Å². The molecule has 1 aromatic rings. The Hall–Kier alpha value is -1.90. The summed E-state index contributed by atoms with van der Waals surface area (Å²) in [5, 5.41) is 3.70. The van der Waals surface area contributed by atoms with Gasteiger partial charge in [-0.25, -0.2) is 0 Å². The number of nitrogens with one attached hydrogen (secondary N) is 1. The van der Waals surface area contributed by atoms with Crippen molar-refractivity contribution in [1.82, 2.24) is 5.32 Å². The van der Waals surface area contributed by atoms with Gasteiger partial charge in [0.25, 0.3) is 0 Å². The number of nitrogens with zero attached hydrogens (tertiary/aromatic N) is 1. The van der Waals surface area contributed by atoms with E-state index in [0.29, 0.717) is 24.4 Å². The van der Waals surface area contributed by atoms with Gasteiger partial charge in [-0.15, -0.1) is 0 Å². The van der Waals surface area contributed by atoms with Crippen LogP contribution >= 0.6 is 0 Å². The molecule has 3 heteroatoms. The highest BCUT2D eigenvalue weighted by Crippen LogP contribution is 2.36. The largest absolute Gasteiger partial charge is 0.383 e. The number of hydrogen-bond acceptors (Lipinski definition) is 3. The summed E-state index contributed by atoms with van der Waals surface area (Å²) in [7, 11) is 0. The first kappa shape index (κ1) is 14.7. The Morgan fingerprint density at radius 2 is 2.04 bits per heavy atom. The van der Waals surface area contributed by atoms with Crippen molar-refractivity contribution < 1.29 is 4.79 Å². The predicted molar refractivity (Wildman–Crippen MR) is 92.9 cm³/mol. The third kappa shape index (κ3) is 2.85. The van der Waals surface area contributed by atoms with E-state index in [-0.39, 0.29) is 5.78 Å². The minimum Gasteiger partial charge on any atom is -0.383 e. The number of aliphatic imine (C=N–C) groups is 1. The van der Waals surface area contributed by atoms with Gasteiger partial charge in [-0.1, -0.05) is 42.7 Å². The Balaban J connectivity index is 1.62. The molecule has 1 N–H and O–H groups in total. The standard InChI is InChI=1S/C20H24N2O/c1-13-5-4-6-14(9-13)15-10-19-16(20(23)11-15)12-21-17-7-2-3-8-18(17)22-19/h4-6,9,12,15,17-18,22H,2-3,7-8,10-11H2,1H3/t15-,17-,18+/m0/s1. The summed E-state index contributed by atoms with van der Waals surface area (Å²) < 4.78 is 0. The molecule has 0 amide bonds. The summed E-state index contributed by atoms with van der Waals surface area (Å²) in [5.41, 5.74) is 4.51. The van der Waals surface area contributed by atoms with Gasteiger partial charge in [-0.3, -0.25) is 9.79 Å². The second-order valence-electron chi connectivity index (χ2n) is 7.22. The fraction of sp³-hybridized carbons (Fsp3) is 0.500. The molecule has 23 heavy (non-hydrogen) atoms. The molecule has 4 rings (SSSR count). The molecule has 0 unspecified atom stereocenters. The normalized spacial score (nSPS) is 30.3. The fourth-order valence-corrected chi connectivity index (χ4v) is 4.23. The smallest absolute Gasteiger partial charge is 0.166 e. The SMILES string of the molecule is Cc1cccc([C@@H]2CC(=O)C3=C(C2)N[C@@H]2CCCC[C@@H]2N=C3)c1. The molecule has 1 aliphatic heterocycles. The summed E-state index contributed by atoms with van der Waals surface area (Å²) in [6, 6.07) is 9.35. The number of carbonyl (C=O) groups is 1. The van der Waals surface area contributed by atoms with E-state index in [9.17, 15) is 4.79 Å². The number of ketones is 1. The Morgan fingerprint density at radius 3 is 2.91 bits per heavy atom. The van der Waals surface area contributed by atoms with Crippen molar-refractivity contribution in [1.29, 1.82) is 0 Å². The lowest BCUT2D eigenvalue weighted by Crippen LogP contribution is -2.41. The van der Waals surface area contributed by atoms with E-state index in [1.54, 1.807) is 0 Å². The van der Waals surface area contributed by atoms with Crippen LogP contribution in [0.5, 0.6) is 0 Å². The van der Waals surface area contributed by atoms with Crippen LogP contribution < -0.4 is 5.32 Å². The average molecular weight is 308 g/mol. The highest BCUT2D eigenvalue weighted by atomic mass is 16.1. The number of rotatable bonds is 1. The van der Waals surface area contributed by atoms with Crippen molar-refractivity contribution in [2.45, 2.75) is 63.5 Å². The van der Waals surface area contributed by atoms with Crippen LogP contribution in [0.25, 0.3) is 0 Å². The van der Waals surface area contributed by atoms with Gasteiger partial charge >= 0.3 is 0 Å². The van der Waals surface area contributed by atoms with Crippen molar-refractivity contribution in [2.75, 3.05) is 0 Å². The molecule has 3 aliphatic rings. The lowest BCUT2D eigenvalue weighted by Gasteiger charge is -2.32. The van der Waals surface area contributed by atoms with Gasteiger partial charge in [0, 0.05) is 24.4 Å². The van der Waals surface area contributed by atoms with Crippen molar-refractivity contribution in [2.24, 2.45) is 4.99 Å². The number of fused-ring (bicyclic) bond motifs is 1. The summed E-state index contributed by atoms with van der Waals surface area (Å²) >= 11 is 0. The van der Waals surface area contributed by atoms with E-state index in [1.807, 2.05) is 6.21 Å². The van der Waals surface area contributed by atoms with Crippen LogP contribution in [0.15, 0.2) is 40.5 Å². The van der Waals surface area contributed by atoms with Crippen LogP contribution in [0.1, 0.15) is 55.6 Å². The molecular weight excluding hydrogens is 284 g/mol. The molecule has 1 aromatic carbocycles. The van der Waals surface area contributed by atoms with E-state index in [4.69, 9.17) is 4.99 Å². The van der Waals surface area contributed by atoms with Gasteiger partial charge in [0.2, 0.25) is 0 Å². The average Bonchev–Trinajstić information content (AvgIpc) is 2.74. The zero-order valence-corrected chi connectivity index (χ0v) is 13.7. The van der Waals surface area contributed by atoms with E-state index in [1.165, 1.54) is 30.4 Å². The summed E-state index contributed by atoms with van der Waals surface area (Å²) in [6.45, 7) is 2.11. The van der Waals surface area contributed by atoms with Crippen molar-refractivity contribution >= 4 is 12.0 Å². The second-order valence-corrected chi connectivity index (χ2v) is 7.22. The molecule has 1 saturated carbocycles. The molecule has 3 nitrogen and oxygen atoms in total. The maximum Gasteiger partial charge on any atom is 0.166 e. The Kier molecular flexibility index (Phi) is 3.80. The quantitative estimate of drug-likeness (QED) is 0.860. The Morgan fingerprint density at radius 1 is 1.17 bits per heavy atom. The topological polar surface area (TPSA) is 41.5 Å². The Labute approximate surface area is 137 Å². The lowest BCUT2D eigenvalue weighted by atomic mass is 9.81. The first-order chi connectivity index (χ1) is 11.2. The van der Waals surface area contributed by atoms with Crippen LogP contribution in [0.3, 0.4) is 0 Å². The van der Waals surface area contributed by atoms with E-state index >= 15 is 0 Å². The van der Waals surface area contributed by atoms with E-state index < -0.39 is 0 Å². The van der Waals surface area contributed by atoms with Crippen molar-refractivity contribution in [3.05, 3.63) is 46.7 Å². The second kappa shape index (κ2) is 5.95. The monoisotopic (exact) mass is 308 g/mol. The fourth-order valence-electron chi connectivity index (χ4n) is 4.23. The van der Waals surface area contributed by atoms with Gasteiger partial charge in [-0.2, -0.15) is 0 Å². The number of benzene rings is 1. The van der Waals surface area contributed by atoms with Crippen LogP contribution in [-0.2, 0) is 4.79 Å². The van der Waals surface area contributed by atoms with Gasteiger partial charge in [0.15, 0.2) is 5.78 Å². The molecule has 3 atom stereocenters. The number of aryl methyl sites for hydroxylation is 1. The van der Waals surface area contributed by atoms with Gasteiger partial charge in [0.1, 0.15) is 0 Å². The maximum absolute atomic E-state index is 12.7. The molecule has 0 radical (unpaired) electrons. The zero-order chi connectivity index (χ0) is 15.8. The van der Waals surface area contributed by atoms with Crippen LogP contribution in [0, 0.1) is 6.92 Å². The molecule has 2 aliphatic carbocycles. The first-order valence-electron chi connectivity index (χ1n) is 8.83. The number of carbonyl (C=O) groups excluding carboxylic acids is 1. The van der Waals surface area contributed by atoms with Crippen LogP contribution in [0.4, 0.5) is 0 Å². The number of hydrogen-bond donors (Lipinski definition) is 1. The third-order valence-corrected chi connectivity index (χ3v) is 5.51. The minimum atomic E-state index is 0.243. The predicted octanol–water partition coefficient (Wildman–Crippen LogP) is 3.68. The first-order valence-corrected chi connectivity index (χ1v) is 8.83. The van der Waals surface area contributed by atoms with Gasteiger partial charge in [0.05, 0.1) is 11.6 Å². The lowest BCUT2D eigenvalue weighted by molar-refractivity contribution is -0.115. The van der Waals surface area contributed by atoms with E-state index in [0.717, 1.165) is 24.1 Å². The molecule has 0 bridgehead atoms. The van der Waals surface area contributed by atoms with Crippen molar-refractivity contribution in [3.8, 4) is 0 Å². The molecule has 0 aromatic heterocycles. The molecule has 1 fully saturated rings. The molecule has 0 spiro atoms. The highest BCUT2D eigenvalue weighted by Gasteiger charge is 2.33. The zero-order valence-electron chi connectivity index (χ0n) is 13.7. The molecule has 1 heterocycles. The summed E-state index contributed by atoms with van der Waals surface area (Å²) in [4.78, 5) is 17.4. The van der Waals surface area contributed by atoms with E-state index in [2.05, 4.69) is 36.5 Å². The minimum absolute atomic E-state index is 0.243. The number of allylic oxidation sites excluding steroid dienone is 2. The summed E-state index contributed by atoms with van der Waals surface area (Å²) in [5.74, 6) is 0.537. The number of Topliss-reactive ketones (excluding diaryl/α,β-unsaturated/α-hetero) is 1. The van der Waals surface area contributed by atoms with Crippen LogP contribution in [0.2, 0.25) is 0 Å². The van der Waals surface area contributed by atoms with Gasteiger partial charge in [-0.05, 0) is 37.7 Å². The van der Waals surface area contributed by atoms with Gasteiger partial charge < -0.3 is 5.32 Å². The Bertz CT molecular complexity index is 689. The maximum atomic E-state index is 12.7. The van der Waals surface area contributed by atoms with Crippen LogP contribution in [-0.4, -0.2) is 24.1 Å². The molecule has 120 valence electrons. The molecule has 0 saturated heterocycles. The third-order valence-electron chi connectivity index (χ3n) is 5.51. The highest BCUT2D eigenvalue weighted by molar-refractivity contribution is 6.15. The summed E-state index contributed by atoms with van der Waals surface area (Å²) in [6.07, 6.45) is 8.23. The molecular formula is C20H24N2O.